The lowest BCUT2D eigenvalue weighted by molar-refractivity contribution is 0.00158. The largest absolute Gasteiger partial charge is 0.496 e. The molecule has 0 unspecified atom stereocenters. The van der Waals surface area contributed by atoms with Crippen LogP contribution in [0.25, 0.3) is 5.57 Å². The standard InChI is InChI=1S/C28H34N6O3/c1-3-30-27-26-21(18-29)6-7-23(26)31-25(32-27)17-19-4-5-20(16-24(19)36-2)28(35)34-10-8-22(9-11-34)33-12-14-37-15-13-33/h4-6,16,22H,3,7-15,17H2,1-2H3,(H,30,31,32). The quantitative estimate of drug-likeness (QED) is 0.617. The maximum Gasteiger partial charge on any atom is 0.253 e. The summed E-state index contributed by atoms with van der Waals surface area (Å²) in [6.45, 7) is 7.80. The molecule has 0 spiro atoms. The fourth-order valence-corrected chi connectivity index (χ4v) is 5.52. The number of morpholine rings is 1. The highest BCUT2D eigenvalue weighted by Gasteiger charge is 2.29. The number of likely N-dealkylation sites (tertiary alicyclic amines) is 1. The molecule has 9 heteroatoms. The van der Waals surface area contributed by atoms with E-state index in [0.29, 0.717) is 54.0 Å². The molecule has 2 aliphatic heterocycles. The van der Waals surface area contributed by atoms with Gasteiger partial charge in [-0.05, 0) is 31.9 Å². The lowest BCUT2D eigenvalue weighted by Gasteiger charge is -2.40. The Morgan fingerprint density at radius 1 is 1.22 bits per heavy atom. The Balaban J connectivity index is 1.29. The maximum atomic E-state index is 13.3. The number of benzene rings is 1. The molecule has 9 nitrogen and oxygen atoms in total. The number of piperidine rings is 1. The molecular formula is C28H34N6O3. The molecule has 0 bridgehead atoms. The zero-order valence-electron chi connectivity index (χ0n) is 21.6. The molecule has 2 saturated heterocycles. The van der Waals surface area contributed by atoms with Crippen molar-refractivity contribution in [2.24, 2.45) is 0 Å². The predicted octanol–water partition coefficient (Wildman–Crippen LogP) is 2.91. The van der Waals surface area contributed by atoms with Crippen molar-refractivity contribution in [3.63, 3.8) is 0 Å². The van der Waals surface area contributed by atoms with Crippen LogP contribution in [0, 0.1) is 11.3 Å². The molecule has 2 aromatic rings. The lowest BCUT2D eigenvalue weighted by Crippen LogP contribution is -2.50. The van der Waals surface area contributed by atoms with Crippen LogP contribution in [0.5, 0.6) is 5.75 Å². The van der Waals surface area contributed by atoms with E-state index in [2.05, 4.69) is 16.3 Å². The molecule has 3 aliphatic rings. The smallest absolute Gasteiger partial charge is 0.253 e. The molecule has 3 heterocycles. The number of hydrogen-bond acceptors (Lipinski definition) is 8. The summed E-state index contributed by atoms with van der Waals surface area (Å²) in [5.74, 6) is 2.05. The number of hydrogen-bond donors (Lipinski definition) is 1. The number of aromatic nitrogens is 2. The van der Waals surface area contributed by atoms with Crippen molar-refractivity contribution in [3.8, 4) is 11.8 Å². The molecule has 194 valence electrons. The summed E-state index contributed by atoms with van der Waals surface area (Å²) in [5.41, 5.74) is 3.84. The van der Waals surface area contributed by atoms with Crippen LogP contribution in [0.3, 0.4) is 0 Å². The van der Waals surface area contributed by atoms with Crippen molar-refractivity contribution in [1.29, 1.82) is 5.26 Å². The van der Waals surface area contributed by atoms with Gasteiger partial charge in [0.1, 0.15) is 17.4 Å². The Kier molecular flexibility index (Phi) is 7.68. The van der Waals surface area contributed by atoms with Gasteiger partial charge in [-0.25, -0.2) is 9.97 Å². The van der Waals surface area contributed by atoms with E-state index in [9.17, 15) is 10.1 Å². The monoisotopic (exact) mass is 502 g/mol. The molecule has 5 rings (SSSR count). The molecule has 2 fully saturated rings. The third-order valence-corrected chi connectivity index (χ3v) is 7.46. The summed E-state index contributed by atoms with van der Waals surface area (Å²) in [4.78, 5) is 27.2. The van der Waals surface area contributed by atoms with Crippen LogP contribution in [0.2, 0.25) is 0 Å². The number of fused-ring (bicyclic) bond motifs is 1. The molecule has 0 saturated carbocycles. The average Bonchev–Trinajstić information content (AvgIpc) is 3.37. The second-order valence-electron chi connectivity index (χ2n) is 9.65. The van der Waals surface area contributed by atoms with Gasteiger partial charge in [-0.2, -0.15) is 5.26 Å². The number of amides is 1. The van der Waals surface area contributed by atoms with Crippen LogP contribution in [0.1, 0.15) is 52.8 Å². The van der Waals surface area contributed by atoms with Gasteiger partial charge in [-0.3, -0.25) is 9.69 Å². The Morgan fingerprint density at radius 2 is 2.00 bits per heavy atom. The SMILES string of the molecule is CCNc1nc(Cc2ccc(C(=O)N3CCC(N4CCOCC4)CC3)cc2OC)nc2c1C(C#N)=CC2. The van der Waals surface area contributed by atoms with Crippen molar-refractivity contribution in [2.45, 2.75) is 38.6 Å². The molecule has 0 atom stereocenters. The second-order valence-corrected chi connectivity index (χ2v) is 9.65. The van der Waals surface area contributed by atoms with Gasteiger partial charge in [0.15, 0.2) is 0 Å². The number of nitrogens with one attached hydrogen (secondary N) is 1. The minimum atomic E-state index is 0.0450. The highest BCUT2D eigenvalue weighted by Crippen LogP contribution is 2.32. The summed E-state index contributed by atoms with van der Waals surface area (Å²) in [6.07, 6.45) is 4.98. The minimum Gasteiger partial charge on any atom is -0.496 e. The van der Waals surface area contributed by atoms with E-state index >= 15 is 0 Å². The van der Waals surface area contributed by atoms with E-state index in [0.717, 1.165) is 69.1 Å². The minimum absolute atomic E-state index is 0.0450. The normalized spacial score (nSPS) is 18.2. The molecular weight excluding hydrogens is 468 g/mol. The average molecular weight is 503 g/mol. The zero-order valence-corrected chi connectivity index (χ0v) is 21.6. The number of carbonyl (C=O) groups is 1. The highest BCUT2D eigenvalue weighted by atomic mass is 16.5. The molecule has 1 aromatic heterocycles. The number of rotatable bonds is 7. The Bertz CT molecular complexity index is 1220. The third kappa shape index (κ3) is 5.31. The Morgan fingerprint density at radius 3 is 2.70 bits per heavy atom. The number of methoxy groups -OCH3 is 1. The van der Waals surface area contributed by atoms with Crippen molar-refractivity contribution >= 4 is 17.3 Å². The number of carbonyl (C=O) groups excluding carboxylic acids is 1. The van der Waals surface area contributed by atoms with Crippen LogP contribution in [0.15, 0.2) is 24.3 Å². The molecule has 1 aromatic carbocycles. The van der Waals surface area contributed by atoms with E-state index in [1.807, 2.05) is 36.1 Å². The number of nitrogens with zero attached hydrogens (tertiary/aromatic N) is 5. The van der Waals surface area contributed by atoms with Gasteiger partial charge in [0, 0.05) is 62.7 Å². The summed E-state index contributed by atoms with van der Waals surface area (Å²) in [7, 11) is 1.62. The molecule has 37 heavy (non-hydrogen) atoms. The van der Waals surface area contributed by atoms with Crippen molar-refractivity contribution in [1.82, 2.24) is 19.8 Å². The van der Waals surface area contributed by atoms with Crippen molar-refractivity contribution < 1.29 is 14.3 Å². The number of allylic oxidation sites excluding steroid dienone is 2. The van der Waals surface area contributed by atoms with E-state index in [1.165, 1.54) is 0 Å². The van der Waals surface area contributed by atoms with Crippen LogP contribution in [0.4, 0.5) is 5.82 Å². The van der Waals surface area contributed by atoms with E-state index in [4.69, 9.17) is 19.4 Å². The van der Waals surface area contributed by atoms with Crippen LogP contribution in [-0.2, 0) is 17.6 Å². The number of nitriles is 1. The van der Waals surface area contributed by atoms with Crippen LogP contribution in [-0.4, -0.2) is 84.8 Å². The van der Waals surface area contributed by atoms with Crippen molar-refractivity contribution in [2.75, 3.05) is 58.4 Å². The van der Waals surface area contributed by atoms with Crippen LogP contribution < -0.4 is 10.1 Å². The number of ether oxygens (including phenoxy) is 2. The Labute approximate surface area is 218 Å². The van der Waals surface area contributed by atoms with Gasteiger partial charge in [0.25, 0.3) is 5.91 Å². The van der Waals surface area contributed by atoms with Gasteiger partial charge in [0.2, 0.25) is 0 Å². The first-order valence-corrected chi connectivity index (χ1v) is 13.1. The fraction of sp³-hybridized carbons (Fsp3) is 0.500. The topological polar surface area (TPSA) is 104 Å². The maximum absolute atomic E-state index is 13.3. The summed E-state index contributed by atoms with van der Waals surface area (Å²) >= 11 is 0. The second kappa shape index (κ2) is 11.3. The number of anilines is 1. The van der Waals surface area contributed by atoms with Gasteiger partial charge in [-0.15, -0.1) is 0 Å². The van der Waals surface area contributed by atoms with Gasteiger partial charge < -0.3 is 19.7 Å². The van der Waals surface area contributed by atoms with E-state index in [1.54, 1.807) is 7.11 Å². The summed E-state index contributed by atoms with van der Waals surface area (Å²) in [5, 5.41) is 12.7. The van der Waals surface area contributed by atoms with Gasteiger partial charge in [0.05, 0.1) is 43.2 Å². The lowest BCUT2D eigenvalue weighted by atomic mass is 10.0. The van der Waals surface area contributed by atoms with Gasteiger partial charge in [-0.1, -0.05) is 12.1 Å². The third-order valence-electron chi connectivity index (χ3n) is 7.46. The first-order valence-electron chi connectivity index (χ1n) is 13.1. The predicted molar refractivity (Wildman–Crippen MR) is 141 cm³/mol. The highest BCUT2D eigenvalue weighted by molar-refractivity contribution is 5.95. The summed E-state index contributed by atoms with van der Waals surface area (Å²) in [6, 6.07) is 8.43. The molecule has 1 amide bonds. The Hall–Kier alpha value is -3.48. The fourth-order valence-electron chi connectivity index (χ4n) is 5.52. The first kappa shape index (κ1) is 25.2. The van der Waals surface area contributed by atoms with E-state index < -0.39 is 0 Å². The summed E-state index contributed by atoms with van der Waals surface area (Å²) < 4.78 is 11.2. The van der Waals surface area contributed by atoms with Gasteiger partial charge >= 0.3 is 0 Å². The van der Waals surface area contributed by atoms with Crippen molar-refractivity contribution in [3.05, 3.63) is 52.5 Å². The van der Waals surface area contributed by atoms with Crippen LogP contribution >= 0.6 is 0 Å². The van der Waals surface area contributed by atoms with E-state index in [-0.39, 0.29) is 5.91 Å². The zero-order chi connectivity index (χ0) is 25.8. The molecule has 1 aliphatic carbocycles. The molecule has 0 radical (unpaired) electrons. The first-order chi connectivity index (χ1) is 18.1. The molecule has 1 N–H and O–H groups in total.